The van der Waals surface area contributed by atoms with Crippen molar-refractivity contribution < 1.29 is 9.59 Å². The number of hydrogen-bond acceptors (Lipinski definition) is 3. The summed E-state index contributed by atoms with van der Waals surface area (Å²) in [6.07, 6.45) is 0.787. The number of amides is 1. The molecule has 0 saturated heterocycles. The minimum absolute atomic E-state index is 0.0347. The van der Waals surface area contributed by atoms with Gasteiger partial charge in [-0.25, -0.2) is 0 Å². The van der Waals surface area contributed by atoms with Crippen molar-refractivity contribution in [2.75, 3.05) is 4.90 Å². The molecule has 0 saturated carbocycles. The molecule has 2 unspecified atom stereocenters. The zero-order chi connectivity index (χ0) is 13.4. The molecule has 0 radical (unpaired) electrons. The molecule has 1 aliphatic rings. The number of carbonyl (C=O) groups excluding carboxylic acids is 2. The molecular weight excluding hydrogens is 228 g/mol. The van der Waals surface area contributed by atoms with Crippen LogP contribution < -0.4 is 10.6 Å². The number of carbonyl (C=O) groups is 2. The Hall–Kier alpha value is -1.68. The molecular formula is C14H18N2O2. The van der Waals surface area contributed by atoms with E-state index in [4.69, 9.17) is 5.73 Å². The van der Waals surface area contributed by atoms with E-state index >= 15 is 0 Å². The fourth-order valence-electron chi connectivity index (χ4n) is 2.53. The number of Topliss-reactive ketones (excluding diaryl/α,β-unsaturated/α-hetero) is 1. The topological polar surface area (TPSA) is 63.4 Å². The number of hydrogen-bond donors (Lipinski definition) is 1. The maximum Gasteiger partial charge on any atom is 0.224 e. The van der Waals surface area contributed by atoms with Gasteiger partial charge in [0.25, 0.3) is 0 Å². The van der Waals surface area contributed by atoms with Gasteiger partial charge in [-0.05, 0) is 44.0 Å². The highest BCUT2D eigenvalue weighted by Crippen LogP contribution is 2.33. The predicted molar refractivity (Wildman–Crippen MR) is 70.7 cm³/mol. The van der Waals surface area contributed by atoms with E-state index in [0.29, 0.717) is 5.56 Å². The maximum atomic E-state index is 11.8. The van der Waals surface area contributed by atoms with E-state index in [0.717, 1.165) is 17.7 Å². The third kappa shape index (κ3) is 2.04. The lowest BCUT2D eigenvalue weighted by Crippen LogP contribution is -2.33. The normalized spacial score (nSPS) is 19.6. The summed E-state index contributed by atoms with van der Waals surface area (Å²) in [5, 5.41) is 0. The Morgan fingerprint density at radius 1 is 1.44 bits per heavy atom. The smallest absolute Gasteiger partial charge is 0.224 e. The molecule has 0 spiro atoms. The molecule has 0 bridgehead atoms. The Labute approximate surface area is 107 Å². The van der Waals surface area contributed by atoms with E-state index in [1.807, 2.05) is 19.1 Å². The first-order valence-electron chi connectivity index (χ1n) is 6.14. The number of fused-ring (bicyclic) bond motifs is 1. The lowest BCUT2D eigenvalue weighted by atomic mass is 10.0. The van der Waals surface area contributed by atoms with Crippen LogP contribution in [-0.2, 0) is 11.2 Å². The molecule has 1 aromatic rings. The Morgan fingerprint density at radius 2 is 2.11 bits per heavy atom. The van der Waals surface area contributed by atoms with Gasteiger partial charge in [0.2, 0.25) is 5.91 Å². The summed E-state index contributed by atoms with van der Waals surface area (Å²) in [5.74, 6) is -0.0285. The molecule has 1 heterocycles. The summed E-state index contributed by atoms with van der Waals surface area (Å²) in [7, 11) is 0. The van der Waals surface area contributed by atoms with Gasteiger partial charge in [-0.1, -0.05) is 0 Å². The van der Waals surface area contributed by atoms with Crippen LogP contribution in [0.5, 0.6) is 0 Å². The highest BCUT2D eigenvalue weighted by Gasteiger charge is 2.29. The van der Waals surface area contributed by atoms with Crippen LogP contribution in [0.25, 0.3) is 0 Å². The molecule has 4 heteroatoms. The first kappa shape index (κ1) is 12.8. The monoisotopic (exact) mass is 246 g/mol. The number of nitrogens with two attached hydrogens (primary N) is 1. The Morgan fingerprint density at radius 3 is 2.67 bits per heavy atom. The van der Waals surface area contributed by atoms with E-state index in [9.17, 15) is 9.59 Å². The molecule has 96 valence electrons. The molecule has 2 N–H and O–H groups in total. The second-order valence-corrected chi connectivity index (χ2v) is 4.94. The molecule has 0 fully saturated rings. The largest absolute Gasteiger partial charge is 0.321 e. The van der Waals surface area contributed by atoms with Crippen LogP contribution in [0.3, 0.4) is 0 Å². The molecule has 2 rings (SSSR count). The van der Waals surface area contributed by atoms with Crippen molar-refractivity contribution in [3.63, 3.8) is 0 Å². The van der Waals surface area contributed by atoms with Crippen molar-refractivity contribution in [3.8, 4) is 0 Å². The van der Waals surface area contributed by atoms with Gasteiger partial charge >= 0.3 is 0 Å². The average Bonchev–Trinajstić information content (AvgIpc) is 2.62. The van der Waals surface area contributed by atoms with E-state index in [1.54, 1.807) is 24.8 Å². The van der Waals surface area contributed by atoms with Crippen molar-refractivity contribution in [1.29, 1.82) is 0 Å². The molecule has 1 aromatic carbocycles. The quantitative estimate of drug-likeness (QED) is 0.805. The molecule has 2 atom stereocenters. The minimum Gasteiger partial charge on any atom is -0.321 e. The van der Waals surface area contributed by atoms with Gasteiger partial charge in [-0.2, -0.15) is 0 Å². The SMILES string of the molecule is CC(=O)N1c2ccc(C(=O)C(C)N)cc2CC1C. The first-order chi connectivity index (χ1) is 8.41. The van der Waals surface area contributed by atoms with Crippen LogP contribution in [0.15, 0.2) is 18.2 Å². The van der Waals surface area contributed by atoms with Crippen LogP contribution in [0.1, 0.15) is 36.7 Å². The Bertz CT molecular complexity index is 509. The highest BCUT2D eigenvalue weighted by molar-refractivity contribution is 6.01. The second-order valence-electron chi connectivity index (χ2n) is 4.94. The standard InChI is InChI=1S/C14H18N2O2/c1-8-6-12-7-11(14(18)9(2)15)4-5-13(12)16(8)10(3)17/h4-5,7-9H,6,15H2,1-3H3. The van der Waals surface area contributed by atoms with Crippen molar-refractivity contribution in [2.45, 2.75) is 39.3 Å². The summed E-state index contributed by atoms with van der Waals surface area (Å²) in [6.45, 7) is 5.25. The third-order valence-corrected chi connectivity index (χ3v) is 3.33. The summed E-state index contributed by atoms with van der Waals surface area (Å²) >= 11 is 0. The average molecular weight is 246 g/mol. The van der Waals surface area contributed by atoms with Crippen molar-refractivity contribution in [3.05, 3.63) is 29.3 Å². The van der Waals surface area contributed by atoms with Crippen molar-refractivity contribution >= 4 is 17.4 Å². The van der Waals surface area contributed by atoms with E-state index < -0.39 is 6.04 Å². The van der Waals surface area contributed by atoms with Crippen LogP contribution in [0.2, 0.25) is 0 Å². The fourth-order valence-corrected chi connectivity index (χ4v) is 2.53. The molecule has 0 aromatic heterocycles. The number of ketones is 1. The summed E-state index contributed by atoms with van der Waals surface area (Å²) < 4.78 is 0. The zero-order valence-corrected chi connectivity index (χ0v) is 10.9. The van der Waals surface area contributed by atoms with Crippen molar-refractivity contribution in [2.24, 2.45) is 5.73 Å². The van der Waals surface area contributed by atoms with Crippen molar-refractivity contribution in [1.82, 2.24) is 0 Å². The summed E-state index contributed by atoms with van der Waals surface area (Å²) in [4.78, 5) is 25.2. The fraction of sp³-hybridized carbons (Fsp3) is 0.429. The van der Waals surface area contributed by atoms with E-state index in [-0.39, 0.29) is 17.7 Å². The van der Waals surface area contributed by atoms with Gasteiger partial charge in [0.05, 0.1) is 6.04 Å². The lowest BCUT2D eigenvalue weighted by molar-refractivity contribution is -0.116. The minimum atomic E-state index is -0.495. The van der Waals surface area contributed by atoms with Gasteiger partial charge < -0.3 is 10.6 Å². The second kappa shape index (κ2) is 4.53. The zero-order valence-electron chi connectivity index (χ0n) is 10.9. The number of anilines is 1. The van der Waals surface area contributed by atoms with Gasteiger partial charge in [0.1, 0.15) is 0 Å². The molecule has 18 heavy (non-hydrogen) atoms. The summed E-state index contributed by atoms with van der Waals surface area (Å²) in [6, 6.07) is 5.11. The van der Waals surface area contributed by atoms with Gasteiger partial charge in [0, 0.05) is 24.2 Å². The predicted octanol–water partition coefficient (Wildman–Crippen LogP) is 1.51. The van der Waals surface area contributed by atoms with Gasteiger partial charge in [0.15, 0.2) is 5.78 Å². The Balaban J connectivity index is 2.39. The van der Waals surface area contributed by atoms with E-state index in [1.165, 1.54) is 0 Å². The Kier molecular flexibility index (Phi) is 3.22. The third-order valence-electron chi connectivity index (χ3n) is 3.33. The van der Waals surface area contributed by atoms with Crippen LogP contribution in [0, 0.1) is 0 Å². The van der Waals surface area contributed by atoms with Crippen LogP contribution in [0.4, 0.5) is 5.69 Å². The maximum absolute atomic E-state index is 11.8. The van der Waals surface area contributed by atoms with E-state index in [2.05, 4.69) is 0 Å². The van der Waals surface area contributed by atoms with Crippen LogP contribution >= 0.6 is 0 Å². The number of nitrogens with zero attached hydrogens (tertiary/aromatic N) is 1. The number of rotatable bonds is 2. The molecule has 4 nitrogen and oxygen atoms in total. The molecule has 1 aliphatic heterocycles. The number of benzene rings is 1. The van der Waals surface area contributed by atoms with Gasteiger partial charge in [-0.15, -0.1) is 0 Å². The summed E-state index contributed by atoms with van der Waals surface area (Å²) in [5.41, 5.74) is 8.19. The molecule has 0 aliphatic carbocycles. The lowest BCUT2D eigenvalue weighted by Gasteiger charge is -2.20. The molecule has 1 amide bonds. The van der Waals surface area contributed by atoms with Gasteiger partial charge in [-0.3, -0.25) is 9.59 Å². The van der Waals surface area contributed by atoms with Crippen LogP contribution in [-0.4, -0.2) is 23.8 Å². The first-order valence-corrected chi connectivity index (χ1v) is 6.14. The highest BCUT2D eigenvalue weighted by atomic mass is 16.2.